The number of carboxylic acids is 1. The van der Waals surface area contributed by atoms with E-state index in [1.54, 1.807) is 0 Å². The maximum atomic E-state index is 10.6. The van der Waals surface area contributed by atoms with Crippen LogP contribution >= 0.6 is 0 Å². The van der Waals surface area contributed by atoms with Crippen LogP contribution in [0.25, 0.3) is 0 Å². The maximum Gasteiger partial charge on any atom is 0.320 e. The van der Waals surface area contributed by atoms with Gasteiger partial charge in [-0.25, -0.2) is 10.5 Å². The van der Waals surface area contributed by atoms with Gasteiger partial charge in [-0.1, -0.05) is 0 Å². The zero-order chi connectivity index (χ0) is 13.0. The van der Waals surface area contributed by atoms with E-state index in [1.165, 1.54) is 0 Å². The van der Waals surface area contributed by atoms with Crippen LogP contribution in [0.1, 0.15) is 5.56 Å². The van der Waals surface area contributed by atoms with Crippen molar-refractivity contribution in [3.63, 3.8) is 0 Å². The van der Waals surface area contributed by atoms with E-state index in [9.17, 15) is 9.90 Å². The first-order valence-corrected chi connectivity index (χ1v) is 4.46. The van der Waals surface area contributed by atoms with Crippen LogP contribution in [0.2, 0.25) is 0 Å². The highest BCUT2D eigenvalue weighted by Crippen LogP contribution is 2.34. The Hall–Kier alpha value is -2.03. The lowest BCUT2D eigenvalue weighted by atomic mass is 10.0. The molecule has 0 radical (unpaired) electrons. The highest BCUT2D eigenvalue weighted by atomic mass is 17.1. The molecule has 94 valence electrons. The monoisotopic (exact) mass is 245 g/mol. The second kappa shape index (κ2) is 5.34. The predicted molar refractivity (Wildman–Crippen MR) is 53.9 cm³/mol. The van der Waals surface area contributed by atoms with Crippen molar-refractivity contribution in [2.24, 2.45) is 5.73 Å². The molecule has 0 aliphatic heterocycles. The lowest BCUT2D eigenvalue weighted by Gasteiger charge is -2.11. The number of rotatable bonds is 5. The van der Waals surface area contributed by atoms with Gasteiger partial charge >= 0.3 is 5.97 Å². The molecule has 0 bridgehead atoms. The average Bonchev–Trinajstić information content (AvgIpc) is 2.29. The number of carbonyl (C=O) groups is 1. The smallest absolute Gasteiger partial charge is 0.320 e. The lowest BCUT2D eigenvalue weighted by Crippen LogP contribution is -2.32. The molecular weight excluding hydrogens is 234 g/mol. The van der Waals surface area contributed by atoms with E-state index >= 15 is 0 Å². The van der Waals surface area contributed by atoms with Crippen molar-refractivity contribution in [3.8, 4) is 17.2 Å². The third-order valence-electron chi connectivity index (χ3n) is 2.10. The summed E-state index contributed by atoms with van der Waals surface area (Å²) in [6, 6.07) is 0.836. The first kappa shape index (κ1) is 13.0. The Morgan fingerprint density at radius 2 is 1.88 bits per heavy atom. The van der Waals surface area contributed by atoms with Gasteiger partial charge in [0, 0.05) is 18.1 Å². The molecule has 1 rings (SSSR count). The van der Waals surface area contributed by atoms with Crippen LogP contribution in [0.3, 0.4) is 0 Å². The fourth-order valence-corrected chi connectivity index (χ4v) is 1.23. The molecule has 8 nitrogen and oxygen atoms in total. The quantitative estimate of drug-likeness (QED) is 0.361. The topological polar surface area (TPSA) is 142 Å². The van der Waals surface area contributed by atoms with Gasteiger partial charge in [0.15, 0.2) is 11.5 Å². The molecule has 0 heterocycles. The van der Waals surface area contributed by atoms with Gasteiger partial charge in [-0.05, 0) is 6.07 Å². The molecule has 17 heavy (non-hydrogen) atoms. The molecule has 0 fully saturated rings. The fraction of sp³-hybridized carbons (Fsp3) is 0.222. The molecule has 1 aromatic carbocycles. The number of phenols is 1. The number of nitrogens with two attached hydrogens (primary N) is 1. The molecule has 0 aromatic heterocycles. The predicted octanol–water partition coefficient (Wildman–Crippen LogP) is 0.0502. The van der Waals surface area contributed by atoms with Crippen molar-refractivity contribution in [2.75, 3.05) is 0 Å². The van der Waals surface area contributed by atoms with E-state index in [-0.39, 0.29) is 23.5 Å². The zero-order valence-electron chi connectivity index (χ0n) is 8.53. The molecule has 0 saturated carbocycles. The number of phenolic OH excluding ortho intramolecular Hbond substituents is 1. The number of hydrogen-bond acceptors (Lipinski definition) is 7. The summed E-state index contributed by atoms with van der Waals surface area (Å²) in [7, 11) is 0. The van der Waals surface area contributed by atoms with Crippen molar-refractivity contribution < 1.29 is 35.3 Å². The number of aliphatic carboxylic acids is 1. The van der Waals surface area contributed by atoms with Crippen LogP contribution in [0.4, 0.5) is 0 Å². The molecule has 0 aliphatic carbocycles. The average molecular weight is 245 g/mol. The third-order valence-corrected chi connectivity index (χ3v) is 2.10. The summed E-state index contributed by atoms with van der Waals surface area (Å²) < 4.78 is 0. The third kappa shape index (κ3) is 2.97. The van der Waals surface area contributed by atoms with Gasteiger partial charge in [-0.2, -0.15) is 0 Å². The molecule has 0 unspecified atom stereocenters. The summed E-state index contributed by atoms with van der Waals surface area (Å²) in [5.74, 6) is -2.21. The van der Waals surface area contributed by atoms with Crippen LogP contribution in [0.5, 0.6) is 17.2 Å². The van der Waals surface area contributed by atoms with Crippen molar-refractivity contribution in [3.05, 3.63) is 17.7 Å². The normalized spacial score (nSPS) is 11.9. The molecular formula is C9H11NO7. The van der Waals surface area contributed by atoms with E-state index in [1.807, 2.05) is 0 Å². The second-order valence-corrected chi connectivity index (χ2v) is 3.26. The largest absolute Gasteiger partial charge is 0.504 e. The van der Waals surface area contributed by atoms with Crippen LogP contribution in [-0.2, 0) is 11.2 Å². The molecule has 1 atom stereocenters. The lowest BCUT2D eigenvalue weighted by molar-refractivity contribution is -0.146. The van der Waals surface area contributed by atoms with E-state index in [2.05, 4.69) is 9.78 Å². The minimum atomic E-state index is -1.24. The van der Waals surface area contributed by atoms with Crippen molar-refractivity contribution in [1.29, 1.82) is 0 Å². The van der Waals surface area contributed by atoms with E-state index in [0.29, 0.717) is 0 Å². The summed E-state index contributed by atoms with van der Waals surface area (Å²) in [5.41, 5.74) is 5.45. The minimum Gasteiger partial charge on any atom is -0.504 e. The molecule has 0 saturated heterocycles. The van der Waals surface area contributed by atoms with E-state index in [4.69, 9.17) is 21.4 Å². The molecule has 1 aromatic rings. The molecule has 8 heteroatoms. The molecule has 0 aliphatic rings. The molecule has 6 N–H and O–H groups in total. The molecule has 0 spiro atoms. The van der Waals surface area contributed by atoms with E-state index in [0.717, 1.165) is 12.1 Å². The van der Waals surface area contributed by atoms with Gasteiger partial charge in [-0.3, -0.25) is 4.79 Å². The summed E-state index contributed by atoms with van der Waals surface area (Å²) in [6.45, 7) is 0. The second-order valence-electron chi connectivity index (χ2n) is 3.26. The Balaban J connectivity index is 3.06. The summed E-state index contributed by atoms with van der Waals surface area (Å²) in [4.78, 5) is 18.3. The fourth-order valence-electron chi connectivity index (χ4n) is 1.23. The van der Waals surface area contributed by atoms with Crippen LogP contribution in [0.15, 0.2) is 12.1 Å². The van der Waals surface area contributed by atoms with Gasteiger partial charge in [0.05, 0.1) is 0 Å². The summed E-state index contributed by atoms with van der Waals surface area (Å²) in [5, 5.41) is 34.9. The Kier molecular flexibility index (Phi) is 4.10. The van der Waals surface area contributed by atoms with Gasteiger partial charge in [-0.15, -0.1) is 0 Å². The summed E-state index contributed by atoms with van der Waals surface area (Å²) in [6.07, 6.45) is -0.176. The number of benzene rings is 1. The number of carboxylic acid groups (broad SMARTS) is 1. The SMILES string of the molecule is N[C@@H](Cc1cc(O)c(OO)cc1OO)C(=O)O. The first-order chi connectivity index (χ1) is 7.99. The maximum absolute atomic E-state index is 10.6. The summed E-state index contributed by atoms with van der Waals surface area (Å²) >= 11 is 0. The highest BCUT2D eigenvalue weighted by molar-refractivity contribution is 5.73. The van der Waals surface area contributed by atoms with E-state index < -0.39 is 17.8 Å². The van der Waals surface area contributed by atoms with Crippen molar-refractivity contribution in [2.45, 2.75) is 12.5 Å². The van der Waals surface area contributed by atoms with Gasteiger partial charge < -0.3 is 25.7 Å². The number of hydrogen-bond donors (Lipinski definition) is 5. The zero-order valence-corrected chi connectivity index (χ0v) is 8.53. The van der Waals surface area contributed by atoms with Crippen molar-refractivity contribution >= 4 is 5.97 Å². The standard InChI is InChI=1S/C9H11NO7/c10-5(9(12)13)1-4-2-6(11)8(17-15)3-7(4)16-14/h2-3,5,11,14-15H,1,10H2,(H,12,13)/t5-/m0/s1. The highest BCUT2D eigenvalue weighted by Gasteiger charge is 2.18. The Labute approximate surface area is 95.3 Å². The Morgan fingerprint density at radius 1 is 1.29 bits per heavy atom. The Morgan fingerprint density at radius 3 is 2.35 bits per heavy atom. The minimum absolute atomic E-state index is 0.153. The first-order valence-electron chi connectivity index (χ1n) is 4.46. The van der Waals surface area contributed by atoms with Gasteiger partial charge in [0.1, 0.15) is 6.04 Å². The van der Waals surface area contributed by atoms with Crippen molar-refractivity contribution in [1.82, 2.24) is 0 Å². The Bertz CT molecular complexity index is 420. The molecule has 0 amide bonds. The van der Waals surface area contributed by atoms with Gasteiger partial charge in [0.2, 0.25) is 5.75 Å². The van der Waals surface area contributed by atoms with Gasteiger partial charge in [0.25, 0.3) is 0 Å². The van der Waals surface area contributed by atoms with Crippen LogP contribution in [-0.4, -0.2) is 32.7 Å². The van der Waals surface area contributed by atoms with Crippen LogP contribution in [0, 0.1) is 0 Å². The van der Waals surface area contributed by atoms with Crippen LogP contribution < -0.4 is 15.5 Å². The number of aromatic hydroxyl groups is 1.